The number of hydrogen-bond acceptors (Lipinski definition) is 3. The maximum atomic E-state index is 13.9. The molecule has 5 heteroatoms. The van der Waals surface area contributed by atoms with Crippen LogP contribution in [0.3, 0.4) is 0 Å². The van der Waals surface area contributed by atoms with Gasteiger partial charge < -0.3 is 0 Å². The fourth-order valence-electron chi connectivity index (χ4n) is 2.49. The molecule has 0 radical (unpaired) electrons. The smallest absolute Gasteiger partial charge is 0.254 e. The molecule has 0 aliphatic carbocycles. The van der Waals surface area contributed by atoms with Crippen LogP contribution in [0.15, 0.2) is 79.0 Å². The molecule has 1 unspecified atom stereocenters. The van der Waals surface area contributed by atoms with Crippen LogP contribution in [0, 0.1) is 5.82 Å². The van der Waals surface area contributed by atoms with Gasteiger partial charge in [0, 0.05) is 11.8 Å². The summed E-state index contributed by atoms with van der Waals surface area (Å²) in [6.45, 7) is 5.45. The molecule has 4 nitrogen and oxygen atoms in total. The van der Waals surface area contributed by atoms with E-state index in [9.17, 15) is 9.18 Å². The van der Waals surface area contributed by atoms with E-state index in [1.54, 1.807) is 36.7 Å². The molecule has 1 amide bonds. The highest BCUT2D eigenvalue weighted by atomic mass is 19.1. The molecule has 0 spiro atoms. The number of nitrogens with one attached hydrogen (secondary N) is 1. The molecule has 128 valence electrons. The molecule has 2 N–H and O–H groups in total. The molecule has 0 aliphatic rings. The van der Waals surface area contributed by atoms with Crippen LogP contribution in [0.2, 0.25) is 0 Å². The van der Waals surface area contributed by atoms with Crippen LogP contribution in [0.4, 0.5) is 4.39 Å². The number of carbonyl (C=O) groups excluding carboxylic acids is 1. The molecule has 1 atom stereocenters. The molecule has 2 aromatic rings. The van der Waals surface area contributed by atoms with E-state index in [2.05, 4.69) is 11.6 Å². The summed E-state index contributed by atoms with van der Waals surface area (Å²) in [6.07, 6.45) is 6.34. The van der Waals surface area contributed by atoms with Gasteiger partial charge in [0.15, 0.2) is 0 Å². The van der Waals surface area contributed by atoms with Crippen molar-refractivity contribution in [2.24, 2.45) is 0 Å². The van der Waals surface area contributed by atoms with E-state index >= 15 is 0 Å². The number of hydroxylamine groups is 1. The van der Waals surface area contributed by atoms with Crippen molar-refractivity contribution < 1.29 is 14.4 Å². The van der Waals surface area contributed by atoms with Gasteiger partial charge in [-0.1, -0.05) is 60.7 Å². The molecule has 2 rings (SSSR count). The van der Waals surface area contributed by atoms with Gasteiger partial charge in [-0.15, -0.1) is 0 Å². The Bertz CT molecular complexity index is 813. The van der Waals surface area contributed by atoms with Gasteiger partial charge in [-0.3, -0.25) is 15.0 Å². The molecule has 0 saturated heterocycles. The molecule has 1 aromatic heterocycles. The second kappa shape index (κ2) is 8.70. The zero-order valence-electron chi connectivity index (χ0n) is 13.8. The molecule has 25 heavy (non-hydrogen) atoms. The summed E-state index contributed by atoms with van der Waals surface area (Å²) in [7, 11) is 0. The topological polar surface area (TPSA) is 62.2 Å². The third kappa shape index (κ3) is 4.49. The highest BCUT2D eigenvalue weighted by Crippen LogP contribution is 2.25. The lowest BCUT2D eigenvalue weighted by Gasteiger charge is -2.16. The second-order valence-corrected chi connectivity index (χ2v) is 5.39. The minimum atomic E-state index is -0.665. The summed E-state index contributed by atoms with van der Waals surface area (Å²) in [5, 5.41) is 9.04. The lowest BCUT2D eigenvalue weighted by molar-refractivity contribution is -0.129. The van der Waals surface area contributed by atoms with Gasteiger partial charge in [-0.05, 0) is 24.6 Å². The Labute approximate surface area is 146 Å². The lowest BCUT2D eigenvalue weighted by Crippen LogP contribution is -2.27. The minimum Gasteiger partial charge on any atom is -0.289 e. The van der Waals surface area contributed by atoms with E-state index in [4.69, 9.17) is 5.21 Å². The van der Waals surface area contributed by atoms with E-state index < -0.39 is 17.6 Å². The van der Waals surface area contributed by atoms with Crippen molar-refractivity contribution in [2.75, 3.05) is 0 Å². The molecule has 0 fully saturated rings. The fourth-order valence-corrected chi connectivity index (χ4v) is 2.49. The molecule has 0 saturated carbocycles. The molecular formula is C20H19FN2O2. The largest absolute Gasteiger partial charge is 0.289 e. The second-order valence-electron chi connectivity index (χ2n) is 5.39. The van der Waals surface area contributed by atoms with Crippen molar-refractivity contribution in [3.05, 3.63) is 96.1 Å². The Morgan fingerprint density at radius 2 is 1.96 bits per heavy atom. The van der Waals surface area contributed by atoms with Crippen LogP contribution in [0.25, 0.3) is 5.57 Å². The predicted octanol–water partition coefficient (Wildman–Crippen LogP) is 4.03. The lowest BCUT2D eigenvalue weighted by atomic mass is 9.91. The van der Waals surface area contributed by atoms with Gasteiger partial charge in [0.25, 0.3) is 5.91 Å². The van der Waals surface area contributed by atoms with E-state index in [0.717, 1.165) is 5.56 Å². The third-order valence-electron chi connectivity index (χ3n) is 3.74. The van der Waals surface area contributed by atoms with Crippen molar-refractivity contribution >= 4 is 11.5 Å². The van der Waals surface area contributed by atoms with Crippen LogP contribution in [0.5, 0.6) is 0 Å². The first-order chi connectivity index (χ1) is 12.1. The maximum Gasteiger partial charge on any atom is 0.254 e. The zero-order chi connectivity index (χ0) is 18.2. The van der Waals surface area contributed by atoms with E-state index in [1.807, 2.05) is 18.2 Å². The number of rotatable bonds is 6. The maximum absolute atomic E-state index is 13.9. The highest BCUT2D eigenvalue weighted by Gasteiger charge is 2.21. The summed E-state index contributed by atoms with van der Waals surface area (Å²) < 4.78 is 13.9. The average molecular weight is 338 g/mol. The van der Waals surface area contributed by atoms with Gasteiger partial charge >= 0.3 is 0 Å². The van der Waals surface area contributed by atoms with Crippen molar-refractivity contribution in [2.45, 2.75) is 12.8 Å². The number of hydrogen-bond donors (Lipinski definition) is 2. The van der Waals surface area contributed by atoms with Crippen LogP contribution < -0.4 is 5.48 Å². The normalized spacial score (nSPS) is 13.2. The van der Waals surface area contributed by atoms with E-state index in [1.165, 1.54) is 24.4 Å². The van der Waals surface area contributed by atoms with Gasteiger partial charge in [0.1, 0.15) is 11.5 Å². The minimum absolute atomic E-state index is 0.185. The summed E-state index contributed by atoms with van der Waals surface area (Å²) >= 11 is 0. The average Bonchev–Trinajstić information content (AvgIpc) is 2.64. The van der Waals surface area contributed by atoms with Gasteiger partial charge in [-0.2, -0.15) is 0 Å². The number of pyridine rings is 1. The number of nitrogens with zero attached hydrogens (tertiary/aromatic N) is 1. The quantitative estimate of drug-likeness (QED) is 0.475. The Morgan fingerprint density at radius 3 is 2.56 bits per heavy atom. The zero-order valence-corrected chi connectivity index (χ0v) is 13.8. The van der Waals surface area contributed by atoms with E-state index in [-0.39, 0.29) is 5.69 Å². The monoisotopic (exact) mass is 338 g/mol. The van der Waals surface area contributed by atoms with Crippen LogP contribution in [-0.2, 0) is 4.79 Å². The van der Waals surface area contributed by atoms with Gasteiger partial charge in [0.05, 0.1) is 5.92 Å². The van der Waals surface area contributed by atoms with Crippen molar-refractivity contribution in [3.63, 3.8) is 0 Å². The molecule has 0 bridgehead atoms. The Hall–Kier alpha value is -3.05. The highest BCUT2D eigenvalue weighted by molar-refractivity contribution is 5.86. The number of amides is 1. The SMILES string of the molecule is C=C/C(=C\C=C(/C)C(C(=O)NO)c1ccccc1)c1ncccc1F. The summed E-state index contributed by atoms with van der Waals surface area (Å²) in [4.78, 5) is 16.1. The molecule has 1 heterocycles. The number of halogens is 1. The first kappa shape index (κ1) is 18.3. The first-order valence-corrected chi connectivity index (χ1v) is 7.69. The Morgan fingerprint density at radius 1 is 1.24 bits per heavy atom. The van der Waals surface area contributed by atoms with Gasteiger partial charge in [0.2, 0.25) is 0 Å². The number of benzene rings is 1. The Balaban J connectivity index is 2.41. The predicted molar refractivity (Wildman–Crippen MR) is 95.2 cm³/mol. The van der Waals surface area contributed by atoms with Crippen molar-refractivity contribution in [1.82, 2.24) is 10.5 Å². The molecule has 0 aliphatic heterocycles. The molecular weight excluding hydrogens is 319 g/mol. The van der Waals surface area contributed by atoms with Crippen LogP contribution in [-0.4, -0.2) is 16.1 Å². The third-order valence-corrected chi connectivity index (χ3v) is 3.74. The number of carbonyl (C=O) groups is 1. The van der Waals surface area contributed by atoms with Crippen LogP contribution >= 0.6 is 0 Å². The number of aromatic nitrogens is 1. The first-order valence-electron chi connectivity index (χ1n) is 7.69. The standard InChI is InChI=1S/C20H19FN2O2/c1-3-15(19-17(21)10-7-13-22-19)12-11-14(2)18(20(24)23-25)16-8-5-4-6-9-16/h3-13,18,25H,1H2,2H3,(H,23,24)/b14-11+,15-12+. The van der Waals surface area contributed by atoms with Crippen molar-refractivity contribution in [3.8, 4) is 0 Å². The fraction of sp³-hybridized carbons (Fsp3) is 0.100. The van der Waals surface area contributed by atoms with Crippen LogP contribution in [0.1, 0.15) is 24.1 Å². The van der Waals surface area contributed by atoms with E-state index in [0.29, 0.717) is 11.1 Å². The number of allylic oxidation sites excluding steroid dienone is 4. The summed E-state index contributed by atoms with van der Waals surface area (Å²) in [5.74, 6) is -1.66. The van der Waals surface area contributed by atoms with Crippen molar-refractivity contribution in [1.29, 1.82) is 0 Å². The Kier molecular flexibility index (Phi) is 6.37. The molecule has 1 aromatic carbocycles. The summed E-state index contributed by atoms with van der Waals surface area (Å²) in [5.41, 5.74) is 3.78. The summed E-state index contributed by atoms with van der Waals surface area (Å²) in [6, 6.07) is 11.9. The van der Waals surface area contributed by atoms with Gasteiger partial charge in [-0.25, -0.2) is 9.87 Å².